The zero-order valence-electron chi connectivity index (χ0n) is 18.5. The summed E-state index contributed by atoms with van der Waals surface area (Å²) in [7, 11) is 0. The molecule has 1 saturated heterocycles. The lowest BCUT2D eigenvalue weighted by Crippen LogP contribution is -2.35. The second kappa shape index (κ2) is 10.3. The normalized spacial score (nSPS) is 25.6. The van der Waals surface area contributed by atoms with Gasteiger partial charge in [-0.3, -0.25) is 0 Å². The minimum atomic E-state index is -1.05. The van der Waals surface area contributed by atoms with Crippen molar-refractivity contribution in [3.63, 3.8) is 0 Å². The van der Waals surface area contributed by atoms with E-state index in [-0.39, 0.29) is 11.8 Å². The van der Waals surface area contributed by atoms with Crippen molar-refractivity contribution in [2.75, 3.05) is 37.0 Å². The fraction of sp³-hybridized carbons (Fsp3) is 0.522. The number of hydrogen-bond donors (Lipinski definition) is 5. The molecular weight excluding hydrogens is 478 g/mol. The van der Waals surface area contributed by atoms with Crippen molar-refractivity contribution in [2.24, 2.45) is 11.8 Å². The Kier molecular flexibility index (Phi) is 7.14. The van der Waals surface area contributed by atoms with Gasteiger partial charge in [-0.25, -0.2) is 9.97 Å². The number of hydrogen-bond acceptors (Lipinski definition) is 10. The molecule has 2 fully saturated rings. The molecule has 2 aliphatic rings. The van der Waals surface area contributed by atoms with Gasteiger partial charge in [0.1, 0.15) is 22.1 Å². The lowest BCUT2D eigenvalue weighted by Gasteiger charge is -2.23. The van der Waals surface area contributed by atoms with Gasteiger partial charge in [-0.05, 0) is 37.3 Å². The van der Waals surface area contributed by atoms with Gasteiger partial charge in [0.2, 0.25) is 5.95 Å². The first-order valence-corrected chi connectivity index (χ1v) is 12.7. The number of para-hydroxylation sites is 1. The minimum absolute atomic E-state index is 0.205. The highest BCUT2D eigenvalue weighted by molar-refractivity contribution is 7.21. The smallest absolute Gasteiger partial charge is 0.226 e. The highest BCUT2D eigenvalue weighted by Gasteiger charge is 2.41. The molecule has 0 amide bonds. The maximum atomic E-state index is 10.6. The molecule has 0 spiro atoms. The molecule has 11 heteroatoms. The van der Waals surface area contributed by atoms with E-state index < -0.39 is 24.2 Å². The van der Waals surface area contributed by atoms with Crippen LogP contribution >= 0.6 is 22.9 Å². The number of rotatable bonds is 7. The van der Waals surface area contributed by atoms with Gasteiger partial charge in [0.25, 0.3) is 0 Å². The molecule has 0 bridgehead atoms. The van der Waals surface area contributed by atoms with E-state index in [1.165, 1.54) is 11.3 Å². The van der Waals surface area contributed by atoms with Gasteiger partial charge in [-0.1, -0.05) is 23.7 Å². The lowest BCUT2D eigenvalue weighted by atomic mass is 10.0. The summed E-state index contributed by atoms with van der Waals surface area (Å²) >= 11 is 8.17. The van der Waals surface area contributed by atoms with Crippen molar-refractivity contribution in [3.8, 4) is 10.6 Å². The third-order valence-electron chi connectivity index (χ3n) is 6.62. The third kappa shape index (κ3) is 4.84. The highest BCUT2D eigenvalue weighted by Crippen LogP contribution is 2.40. The van der Waals surface area contributed by atoms with E-state index in [1.54, 1.807) is 0 Å². The van der Waals surface area contributed by atoms with E-state index in [1.807, 2.05) is 24.3 Å². The Morgan fingerprint density at radius 2 is 1.88 bits per heavy atom. The van der Waals surface area contributed by atoms with E-state index in [4.69, 9.17) is 26.3 Å². The maximum absolute atomic E-state index is 10.6. The molecule has 5 N–H and O–H groups in total. The first-order valence-electron chi connectivity index (χ1n) is 11.5. The number of aromatic nitrogens is 3. The standard InChI is InChI=1S/C23H28ClN5O4S/c24-20-17(22-27-14-3-1-2-4-16(14)34-22)21(26-15-9-13(11-30)18(31)19(15)32)29-23(28-20)25-10-12-5-7-33-8-6-12/h1-4,12-13,15,18-19,30-32H,5-11H2,(H2,25,26,28,29)/t13-,15-,18-,19+/m1/s1. The molecule has 1 aliphatic heterocycles. The van der Waals surface area contributed by atoms with Crippen LogP contribution in [0.2, 0.25) is 5.15 Å². The minimum Gasteiger partial charge on any atom is -0.396 e. The summed E-state index contributed by atoms with van der Waals surface area (Å²) in [5.74, 6) is 0.870. The molecule has 1 aromatic carbocycles. The number of fused-ring (bicyclic) bond motifs is 1. The van der Waals surface area contributed by atoms with Gasteiger partial charge in [0.05, 0.1) is 27.9 Å². The summed E-state index contributed by atoms with van der Waals surface area (Å²) in [6.07, 6.45) is 0.281. The number of nitrogens with zero attached hydrogens (tertiary/aromatic N) is 3. The number of aliphatic hydroxyl groups excluding tert-OH is 3. The van der Waals surface area contributed by atoms with Crippen LogP contribution in [-0.2, 0) is 4.74 Å². The molecule has 1 aliphatic carbocycles. The number of halogens is 1. The molecule has 2 aromatic heterocycles. The van der Waals surface area contributed by atoms with Crippen molar-refractivity contribution in [2.45, 2.75) is 37.5 Å². The van der Waals surface area contributed by atoms with Crippen molar-refractivity contribution in [3.05, 3.63) is 29.4 Å². The zero-order valence-corrected chi connectivity index (χ0v) is 20.1. The summed E-state index contributed by atoms with van der Waals surface area (Å²) in [6, 6.07) is 7.30. The van der Waals surface area contributed by atoms with Crippen LogP contribution in [0.4, 0.5) is 11.8 Å². The van der Waals surface area contributed by atoms with E-state index >= 15 is 0 Å². The van der Waals surface area contributed by atoms with Crippen LogP contribution in [0, 0.1) is 11.8 Å². The van der Waals surface area contributed by atoms with Crippen LogP contribution < -0.4 is 10.6 Å². The molecule has 3 aromatic rings. The highest BCUT2D eigenvalue weighted by atomic mass is 35.5. The van der Waals surface area contributed by atoms with E-state index in [9.17, 15) is 15.3 Å². The lowest BCUT2D eigenvalue weighted by molar-refractivity contribution is 0.00446. The second-order valence-electron chi connectivity index (χ2n) is 8.90. The van der Waals surface area contributed by atoms with Crippen LogP contribution in [0.5, 0.6) is 0 Å². The molecule has 9 nitrogen and oxygen atoms in total. The summed E-state index contributed by atoms with van der Waals surface area (Å²) in [6.45, 7) is 2.01. The Morgan fingerprint density at radius 1 is 1.09 bits per heavy atom. The van der Waals surface area contributed by atoms with Crippen LogP contribution in [-0.4, -0.2) is 74.9 Å². The summed E-state index contributed by atoms with van der Waals surface area (Å²) in [5.41, 5.74) is 1.40. The van der Waals surface area contributed by atoms with Crippen molar-refractivity contribution < 1.29 is 20.1 Å². The predicted molar refractivity (Wildman–Crippen MR) is 132 cm³/mol. The van der Waals surface area contributed by atoms with Crippen molar-refractivity contribution in [1.82, 2.24) is 15.0 Å². The Morgan fingerprint density at radius 3 is 2.62 bits per heavy atom. The van der Waals surface area contributed by atoms with E-state index in [0.29, 0.717) is 41.2 Å². The molecule has 3 heterocycles. The first-order chi connectivity index (χ1) is 16.5. The molecule has 1 saturated carbocycles. The zero-order chi connectivity index (χ0) is 23.7. The Balaban J connectivity index is 1.47. The van der Waals surface area contributed by atoms with Crippen molar-refractivity contribution >= 4 is 44.9 Å². The SMILES string of the molecule is OC[C@H]1C[C@@H](Nc2nc(NCC3CCOCC3)nc(Cl)c2-c2nc3ccccc3s2)[C@H](O)[C@@H]1O. The largest absolute Gasteiger partial charge is 0.396 e. The number of anilines is 2. The molecule has 4 atom stereocenters. The number of nitrogens with one attached hydrogen (secondary N) is 2. The van der Waals surface area contributed by atoms with Crippen molar-refractivity contribution in [1.29, 1.82) is 0 Å². The molecule has 182 valence electrons. The second-order valence-corrected chi connectivity index (χ2v) is 10.3. The van der Waals surface area contributed by atoms with Crippen LogP contribution in [0.1, 0.15) is 19.3 Å². The van der Waals surface area contributed by atoms with Gasteiger partial charge in [-0.15, -0.1) is 11.3 Å². The topological polar surface area (TPSA) is 133 Å². The quantitative estimate of drug-likeness (QED) is 0.307. The van der Waals surface area contributed by atoms with E-state index in [2.05, 4.69) is 15.6 Å². The van der Waals surface area contributed by atoms with E-state index in [0.717, 1.165) is 36.3 Å². The average Bonchev–Trinajstić information content (AvgIpc) is 3.39. The molecule has 0 unspecified atom stereocenters. The third-order valence-corrected chi connectivity index (χ3v) is 7.95. The van der Waals surface area contributed by atoms with Gasteiger partial charge in [0, 0.05) is 32.3 Å². The fourth-order valence-electron chi connectivity index (χ4n) is 4.60. The van der Waals surface area contributed by atoms with Gasteiger partial charge in [-0.2, -0.15) is 4.98 Å². The number of ether oxygens (including phenoxy) is 1. The molecule has 5 rings (SSSR count). The summed E-state index contributed by atoms with van der Waals surface area (Å²) in [5, 5.41) is 37.9. The number of aliphatic hydroxyl groups is 3. The molecule has 0 radical (unpaired) electrons. The van der Waals surface area contributed by atoms with Gasteiger partial charge in [0.15, 0.2) is 0 Å². The monoisotopic (exact) mass is 505 g/mol. The Bertz CT molecular complexity index is 1110. The van der Waals surface area contributed by atoms with Crippen LogP contribution in [0.25, 0.3) is 20.8 Å². The van der Waals surface area contributed by atoms with Crippen LogP contribution in [0.15, 0.2) is 24.3 Å². The maximum Gasteiger partial charge on any atom is 0.226 e. The average molecular weight is 506 g/mol. The predicted octanol–water partition coefficient (Wildman–Crippen LogP) is 2.76. The van der Waals surface area contributed by atoms with Crippen LogP contribution in [0.3, 0.4) is 0 Å². The number of thiazole rings is 1. The first kappa shape index (κ1) is 23.7. The fourth-order valence-corrected chi connectivity index (χ4v) is 5.92. The van der Waals surface area contributed by atoms with Gasteiger partial charge >= 0.3 is 0 Å². The molecular formula is C23H28ClN5O4S. The molecule has 34 heavy (non-hydrogen) atoms. The summed E-state index contributed by atoms with van der Waals surface area (Å²) < 4.78 is 6.44. The Hall–Kier alpha value is -2.08. The van der Waals surface area contributed by atoms with Gasteiger partial charge < -0.3 is 30.7 Å². The summed E-state index contributed by atoms with van der Waals surface area (Å²) in [4.78, 5) is 13.9. The number of benzene rings is 1. The Labute approximate surface area is 206 Å².